The van der Waals surface area contributed by atoms with Gasteiger partial charge in [-0.05, 0) is 11.6 Å². The molecule has 0 bridgehead atoms. The van der Waals surface area contributed by atoms with E-state index in [4.69, 9.17) is 10.5 Å². The smallest absolute Gasteiger partial charge is 0.258 e. The highest BCUT2D eigenvalue weighted by atomic mass is 32.1. The maximum atomic E-state index is 11.2. The molecule has 0 aliphatic rings. The lowest BCUT2D eigenvalue weighted by Gasteiger charge is -2.06. The van der Waals surface area contributed by atoms with Gasteiger partial charge in [0.25, 0.3) is 5.91 Å². The fourth-order valence-electron chi connectivity index (χ4n) is 1.91. The van der Waals surface area contributed by atoms with Crippen molar-refractivity contribution in [2.45, 2.75) is 6.61 Å². The summed E-state index contributed by atoms with van der Waals surface area (Å²) in [6, 6.07) is 11.6. The summed E-state index contributed by atoms with van der Waals surface area (Å²) in [7, 11) is 0. The van der Waals surface area contributed by atoms with Gasteiger partial charge in [0.15, 0.2) is 0 Å². The van der Waals surface area contributed by atoms with E-state index in [0.29, 0.717) is 17.2 Å². The normalized spacial score (nSPS) is 10.6. The first kappa shape index (κ1) is 12.6. The maximum absolute atomic E-state index is 11.2. The number of hydrogen-bond donors (Lipinski definition) is 1. The van der Waals surface area contributed by atoms with Crippen LogP contribution in [-0.2, 0) is 6.61 Å². The van der Waals surface area contributed by atoms with Crippen LogP contribution in [0, 0.1) is 0 Å². The number of pyridine rings is 1. The number of nitrogens with zero attached hydrogens (tertiary/aromatic N) is 1. The predicted molar refractivity (Wildman–Crippen MR) is 78.9 cm³/mol. The van der Waals surface area contributed by atoms with E-state index < -0.39 is 5.91 Å². The van der Waals surface area contributed by atoms with Crippen LogP contribution in [0.4, 0.5) is 0 Å². The van der Waals surface area contributed by atoms with Crippen molar-refractivity contribution in [3.63, 3.8) is 0 Å². The topological polar surface area (TPSA) is 65.2 Å². The van der Waals surface area contributed by atoms with Crippen LogP contribution in [0.3, 0.4) is 0 Å². The Balaban J connectivity index is 1.89. The molecule has 0 spiro atoms. The van der Waals surface area contributed by atoms with Gasteiger partial charge in [0, 0.05) is 11.6 Å². The third kappa shape index (κ3) is 2.48. The molecule has 0 fully saturated rings. The molecule has 3 rings (SSSR count). The summed E-state index contributed by atoms with van der Waals surface area (Å²) in [5.74, 6) is 0.232. The number of amides is 1. The van der Waals surface area contributed by atoms with Crippen LogP contribution < -0.4 is 10.5 Å². The first-order chi connectivity index (χ1) is 9.74. The fraction of sp³-hybridized carbons (Fsp3) is 0.0667. The summed E-state index contributed by atoms with van der Waals surface area (Å²) in [5, 5.41) is 0.870. The predicted octanol–water partition coefficient (Wildman–Crippen LogP) is 2.97. The van der Waals surface area contributed by atoms with E-state index in [1.807, 2.05) is 30.3 Å². The third-order valence-electron chi connectivity index (χ3n) is 2.89. The number of ether oxygens (including phenoxy) is 1. The lowest BCUT2D eigenvalue weighted by molar-refractivity contribution is 0.100. The van der Waals surface area contributed by atoms with Gasteiger partial charge in [-0.1, -0.05) is 30.3 Å². The van der Waals surface area contributed by atoms with Crippen LogP contribution in [-0.4, -0.2) is 10.9 Å². The second-order valence-electron chi connectivity index (χ2n) is 4.30. The number of nitrogens with two attached hydrogens (primary N) is 1. The Morgan fingerprint density at radius 2 is 2.05 bits per heavy atom. The molecule has 0 unspecified atom stereocenters. The molecule has 3 aromatic rings. The molecule has 0 aliphatic heterocycles. The van der Waals surface area contributed by atoms with Crippen molar-refractivity contribution in [1.29, 1.82) is 0 Å². The van der Waals surface area contributed by atoms with Crippen molar-refractivity contribution >= 4 is 27.3 Å². The highest BCUT2D eigenvalue weighted by Gasteiger charge is 2.11. The van der Waals surface area contributed by atoms with Crippen molar-refractivity contribution in [2.24, 2.45) is 5.73 Å². The van der Waals surface area contributed by atoms with Gasteiger partial charge in [0.1, 0.15) is 12.4 Å². The molecule has 2 N–H and O–H groups in total. The van der Waals surface area contributed by atoms with Gasteiger partial charge in [-0.2, -0.15) is 0 Å². The molecular formula is C15H12N2O2S. The average Bonchev–Trinajstić information content (AvgIpc) is 2.91. The molecule has 100 valence electrons. The molecule has 5 heteroatoms. The van der Waals surface area contributed by atoms with E-state index >= 15 is 0 Å². The number of carbonyl (C=O) groups excluding carboxylic acids is 1. The van der Waals surface area contributed by atoms with Crippen molar-refractivity contribution < 1.29 is 9.53 Å². The van der Waals surface area contributed by atoms with Gasteiger partial charge in [-0.15, -0.1) is 11.3 Å². The average molecular weight is 284 g/mol. The van der Waals surface area contributed by atoms with E-state index in [1.165, 1.54) is 11.3 Å². The SMILES string of the molecule is NC(=O)c1cc2c(OCc3ccccc3)cncc2s1. The second-order valence-corrected chi connectivity index (χ2v) is 5.38. The van der Waals surface area contributed by atoms with Crippen LogP contribution in [0.1, 0.15) is 15.2 Å². The molecule has 4 nitrogen and oxygen atoms in total. The molecule has 1 amide bonds. The number of primary amides is 1. The number of hydrogen-bond acceptors (Lipinski definition) is 4. The quantitative estimate of drug-likeness (QED) is 0.801. The summed E-state index contributed by atoms with van der Waals surface area (Å²) in [5.41, 5.74) is 6.38. The fourth-order valence-corrected chi connectivity index (χ4v) is 2.80. The van der Waals surface area contributed by atoms with Crippen LogP contribution in [0.2, 0.25) is 0 Å². The minimum atomic E-state index is -0.430. The summed E-state index contributed by atoms with van der Waals surface area (Å²) in [6.07, 6.45) is 3.37. The summed E-state index contributed by atoms with van der Waals surface area (Å²) in [6.45, 7) is 0.462. The summed E-state index contributed by atoms with van der Waals surface area (Å²) < 4.78 is 6.68. The van der Waals surface area contributed by atoms with Gasteiger partial charge in [0.2, 0.25) is 0 Å². The second kappa shape index (κ2) is 5.30. The highest BCUT2D eigenvalue weighted by molar-refractivity contribution is 7.20. The summed E-state index contributed by atoms with van der Waals surface area (Å²) >= 11 is 1.32. The molecule has 2 heterocycles. The molecule has 2 aromatic heterocycles. The highest BCUT2D eigenvalue weighted by Crippen LogP contribution is 2.32. The van der Waals surface area contributed by atoms with E-state index in [-0.39, 0.29) is 0 Å². The van der Waals surface area contributed by atoms with E-state index in [1.54, 1.807) is 18.5 Å². The minimum absolute atomic E-state index is 0.430. The number of fused-ring (bicyclic) bond motifs is 1. The summed E-state index contributed by atoms with van der Waals surface area (Å²) in [4.78, 5) is 15.9. The van der Waals surface area contributed by atoms with Gasteiger partial charge >= 0.3 is 0 Å². The molecule has 0 radical (unpaired) electrons. The Kier molecular flexibility index (Phi) is 3.35. The van der Waals surface area contributed by atoms with E-state index in [9.17, 15) is 4.79 Å². The van der Waals surface area contributed by atoms with E-state index in [2.05, 4.69) is 4.98 Å². The Bertz CT molecular complexity index is 753. The Morgan fingerprint density at radius 1 is 1.25 bits per heavy atom. The van der Waals surface area contributed by atoms with Crippen LogP contribution in [0.15, 0.2) is 48.8 Å². The molecule has 0 saturated heterocycles. The molecular weight excluding hydrogens is 272 g/mol. The van der Waals surface area contributed by atoms with Gasteiger partial charge < -0.3 is 10.5 Å². The number of thiophene rings is 1. The number of aromatic nitrogens is 1. The zero-order valence-electron chi connectivity index (χ0n) is 10.6. The molecule has 20 heavy (non-hydrogen) atoms. The Hall–Kier alpha value is -2.40. The first-order valence-corrected chi connectivity index (χ1v) is 6.90. The molecule has 1 aromatic carbocycles. The molecule has 0 saturated carbocycles. The Labute approximate surface area is 119 Å². The largest absolute Gasteiger partial charge is 0.487 e. The van der Waals surface area contributed by atoms with Crippen LogP contribution in [0.5, 0.6) is 5.75 Å². The minimum Gasteiger partial charge on any atom is -0.487 e. The Morgan fingerprint density at radius 3 is 2.80 bits per heavy atom. The number of carbonyl (C=O) groups is 1. The van der Waals surface area contributed by atoms with Crippen molar-refractivity contribution in [3.05, 3.63) is 59.2 Å². The number of benzene rings is 1. The lowest BCUT2D eigenvalue weighted by atomic mass is 10.2. The monoisotopic (exact) mass is 284 g/mol. The third-order valence-corrected chi connectivity index (χ3v) is 3.97. The zero-order chi connectivity index (χ0) is 13.9. The first-order valence-electron chi connectivity index (χ1n) is 6.08. The molecule has 0 atom stereocenters. The van der Waals surface area contributed by atoms with E-state index in [0.717, 1.165) is 15.6 Å². The van der Waals surface area contributed by atoms with Crippen LogP contribution in [0.25, 0.3) is 10.1 Å². The van der Waals surface area contributed by atoms with Crippen molar-refractivity contribution in [3.8, 4) is 5.75 Å². The van der Waals surface area contributed by atoms with Crippen LogP contribution >= 0.6 is 11.3 Å². The van der Waals surface area contributed by atoms with Gasteiger partial charge in [0.05, 0.1) is 15.8 Å². The number of rotatable bonds is 4. The van der Waals surface area contributed by atoms with Gasteiger partial charge in [-0.3, -0.25) is 9.78 Å². The van der Waals surface area contributed by atoms with Crippen molar-refractivity contribution in [1.82, 2.24) is 4.98 Å². The standard InChI is InChI=1S/C15H12N2O2S/c16-15(18)13-6-11-12(7-17-8-14(11)20-13)19-9-10-4-2-1-3-5-10/h1-8H,9H2,(H2,16,18). The van der Waals surface area contributed by atoms with Gasteiger partial charge in [-0.25, -0.2) is 0 Å². The maximum Gasteiger partial charge on any atom is 0.258 e. The van der Waals surface area contributed by atoms with Crippen molar-refractivity contribution in [2.75, 3.05) is 0 Å². The lowest BCUT2D eigenvalue weighted by Crippen LogP contribution is -2.08. The zero-order valence-corrected chi connectivity index (χ0v) is 11.4. The molecule has 0 aliphatic carbocycles.